The van der Waals surface area contributed by atoms with E-state index in [1.807, 2.05) is 13.2 Å². The summed E-state index contributed by atoms with van der Waals surface area (Å²) in [6, 6.07) is 4.73. The standard InChI is InChI=1S/C20H36N6/c1-5-12-25(6-2)15-11-22-20(21-4)24-18-9-13-26(14-10-18)19-8-7-17(3)16-23-19/h7-8,16,18H,5-6,9-15H2,1-4H3,(H2,21,22,24). The molecule has 0 aliphatic carbocycles. The van der Waals surface area contributed by atoms with Crippen LogP contribution in [0.1, 0.15) is 38.7 Å². The largest absolute Gasteiger partial charge is 0.356 e. The number of rotatable bonds is 8. The first-order valence-electron chi connectivity index (χ1n) is 10.0. The Morgan fingerprint density at radius 1 is 1.27 bits per heavy atom. The van der Waals surface area contributed by atoms with Gasteiger partial charge in [-0.3, -0.25) is 4.99 Å². The van der Waals surface area contributed by atoms with Crippen molar-refractivity contribution in [2.24, 2.45) is 4.99 Å². The van der Waals surface area contributed by atoms with E-state index in [9.17, 15) is 0 Å². The van der Waals surface area contributed by atoms with Crippen LogP contribution in [-0.4, -0.2) is 68.2 Å². The van der Waals surface area contributed by atoms with Gasteiger partial charge in [-0.1, -0.05) is 19.9 Å². The highest BCUT2D eigenvalue weighted by Crippen LogP contribution is 2.17. The molecule has 0 radical (unpaired) electrons. The third kappa shape index (κ3) is 6.48. The summed E-state index contributed by atoms with van der Waals surface area (Å²) in [5, 5.41) is 7.04. The van der Waals surface area contributed by atoms with Crippen molar-refractivity contribution >= 4 is 11.8 Å². The molecule has 1 aliphatic heterocycles. The number of hydrogen-bond donors (Lipinski definition) is 2. The van der Waals surface area contributed by atoms with E-state index >= 15 is 0 Å². The van der Waals surface area contributed by atoms with Gasteiger partial charge in [-0.2, -0.15) is 0 Å². The number of nitrogens with one attached hydrogen (secondary N) is 2. The zero-order valence-corrected chi connectivity index (χ0v) is 17.0. The van der Waals surface area contributed by atoms with Crippen LogP contribution in [-0.2, 0) is 0 Å². The van der Waals surface area contributed by atoms with Gasteiger partial charge < -0.3 is 20.4 Å². The Morgan fingerprint density at radius 3 is 2.62 bits per heavy atom. The number of likely N-dealkylation sites (N-methyl/N-ethyl adjacent to an activating group) is 1. The second-order valence-corrected chi connectivity index (χ2v) is 7.03. The normalized spacial score (nSPS) is 16.2. The molecule has 6 heteroatoms. The van der Waals surface area contributed by atoms with E-state index in [1.54, 1.807) is 0 Å². The lowest BCUT2D eigenvalue weighted by Gasteiger charge is -2.34. The van der Waals surface area contributed by atoms with Gasteiger partial charge in [-0.15, -0.1) is 0 Å². The number of piperidine rings is 1. The van der Waals surface area contributed by atoms with Crippen LogP contribution in [0, 0.1) is 6.92 Å². The van der Waals surface area contributed by atoms with Crippen molar-refractivity contribution in [3.05, 3.63) is 23.9 Å². The van der Waals surface area contributed by atoms with E-state index in [1.165, 1.54) is 12.0 Å². The molecule has 0 spiro atoms. The van der Waals surface area contributed by atoms with Gasteiger partial charge in [0.1, 0.15) is 5.82 Å². The molecular weight excluding hydrogens is 324 g/mol. The lowest BCUT2D eigenvalue weighted by atomic mass is 10.1. The van der Waals surface area contributed by atoms with Gasteiger partial charge in [-0.05, 0) is 50.9 Å². The van der Waals surface area contributed by atoms with Crippen molar-refractivity contribution in [1.29, 1.82) is 0 Å². The highest BCUT2D eigenvalue weighted by atomic mass is 15.2. The van der Waals surface area contributed by atoms with Crippen LogP contribution in [0.2, 0.25) is 0 Å². The molecular formula is C20H36N6. The number of hydrogen-bond acceptors (Lipinski definition) is 4. The number of guanidine groups is 1. The molecule has 2 heterocycles. The zero-order chi connectivity index (χ0) is 18.8. The Labute approximate surface area is 159 Å². The van der Waals surface area contributed by atoms with Crippen LogP contribution in [0.3, 0.4) is 0 Å². The highest BCUT2D eigenvalue weighted by molar-refractivity contribution is 5.80. The maximum Gasteiger partial charge on any atom is 0.191 e. The molecule has 0 bridgehead atoms. The Kier molecular flexibility index (Phi) is 8.68. The molecule has 1 aliphatic rings. The minimum absolute atomic E-state index is 0.473. The maximum absolute atomic E-state index is 4.55. The Hall–Kier alpha value is -1.82. The predicted molar refractivity (Wildman–Crippen MR) is 111 cm³/mol. The fraction of sp³-hybridized carbons (Fsp3) is 0.700. The van der Waals surface area contributed by atoms with Crippen molar-refractivity contribution in [2.75, 3.05) is 51.2 Å². The van der Waals surface area contributed by atoms with E-state index in [-0.39, 0.29) is 0 Å². The van der Waals surface area contributed by atoms with E-state index < -0.39 is 0 Å². The van der Waals surface area contributed by atoms with Crippen molar-refractivity contribution in [2.45, 2.75) is 46.1 Å². The van der Waals surface area contributed by atoms with Crippen LogP contribution >= 0.6 is 0 Å². The van der Waals surface area contributed by atoms with Gasteiger partial charge in [0, 0.05) is 45.5 Å². The monoisotopic (exact) mass is 360 g/mol. The van der Waals surface area contributed by atoms with E-state index in [0.717, 1.165) is 63.9 Å². The van der Waals surface area contributed by atoms with Gasteiger partial charge in [-0.25, -0.2) is 4.98 Å². The molecule has 1 aromatic heterocycles. The zero-order valence-electron chi connectivity index (χ0n) is 17.0. The van der Waals surface area contributed by atoms with Gasteiger partial charge in [0.2, 0.25) is 0 Å². The first-order valence-corrected chi connectivity index (χ1v) is 10.0. The quantitative estimate of drug-likeness (QED) is 0.550. The third-order valence-corrected chi connectivity index (χ3v) is 4.99. The SMILES string of the molecule is CCCN(CC)CCNC(=NC)NC1CCN(c2ccc(C)cn2)CC1. The third-order valence-electron chi connectivity index (χ3n) is 4.99. The molecule has 1 saturated heterocycles. The fourth-order valence-corrected chi connectivity index (χ4v) is 3.36. The lowest BCUT2D eigenvalue weighted by molar-refractivity contribution is 0.292. The van der Waals surface area contributed by atoms with Crippen molar-refractivity contribution < 1.29 is 0 Å². The number of nitrogens with zero attached hydrogens (tertiary/aromatic N) is 4. The lowest BCUT2D eigenvalue weighted by Crippen LogP contribution is -2.50. The number of aliphatic imine (C=N–C) groups is 1. The predicted octanol–water partition coefficient (Wildman–Crippen LogP) is 2.26. The summed E-state index contributed by atoms with van der Waals surface area (Å²) in [7, 11) is 1.85. The minimum atomic E-state index is 0.473. The van der Waals surface area contributed by atoms with Crippen molar-refractivity contribution in [3.63, 3.8) is 0 Å². The number of aromatic nitrogens is 1. The summed E-state index contributed by atoms with van der Waals surface area (Å²) >= 11 is 0. The molecule has 1 fully saturated rings. The van der Waals surface area contributed by atoms with E-state index in [0.29, 0.717) is 6.04 Å². The van der Waals surface area contributed by atoms with Crippen LogP contribution in [0.15, 0.2) is 23.3 Å². The molecule has 2 N–H and O–H groups in total. The second-order valence-electron chi connectivity index (χ2n) is 7.03. The summed E-state index contributed by atoms with van der Waals surface area (Å²) in [5.41, 5.74) is 1.21. The summed E-state index contributed by atoms with van der Waals surface area (Å²) in [6.45, 7) is 12.8. The fourth-order valence-electron chi connectivity index (χ4n) is 3.36. The Balaban J connectivity index is 1.72. The molecule has 0 unspecified atom stereocenters. The first-order chi connectivity index (χ1) is 12.7. The molecule has 0 aromatic carbocycles. The molecule has 6 nitrogen and oxygen atoms in total. The van der Waals surface area contributed by atoms with Crippen LogP contribution in [0.4, 0.5) is 5.82 Å². The Bertz CT molecular complexity index is 534. The molecule has 1 aromatic rings. The summed E-state index contributed by atoms with van der Waals surface area (Å²) in [4.78, 5) is 13.8. The minimum Gasteiger partial charge on any atom is -0.356 e. The molecule has 0 atom stereocenters. The average molecular weight is 361 g/mol. The second kappa shape index (κ2) is 11.0. The molecule has 0 amide bonds. The highest BCUT2D eigenvalue weighted by Gasteiger charge is 2.20. The molecule has 2 rings (SSSR count). The molecule has 26 heavy (non-hydrogen) atoms. The van der Waals surface area contributed by atoms with Gasteiger partial charge in [0.15, 0.2) is 5.96 Å². The number of aryl methyl sites for hydroxylation is 1. The van der Waals surface area contributed by atoms with E-state index in [2.05, 4.69) is 63.3 Å². The topological polar surface area (TPSA) is 55.8 Å². The maximum atomic E-state index is 4.55. The number of pyridine rings is 1. The molecule has 0 saturated carbocycles. The van der Waals surface area contributed by atoms with E-state index in [4.69, 9.17) is 0 Å². The van der Waals surface area contributed by atoms with Gasteiger partial charge in [0.05, 0.1) is 0 Å². The van der Waals surface area contributed by atoms with Crippen LogP contribution in [0.25, 0.3) is 0 Å². The summed E-state index contributed by atoms with van der Waals surface area (Å²) < 4.78 is 0. The first kappa shape index (κ1) is 20.5. The van der Waals surface area contributed by atoms with Gasteiger partial charge in [0.25, 0.3) is 0 Å². The summed E-state index contributed by atoms with van der Waals surface area (Å²) in [5.74, 6) is 2.01. The Morgan fingerprint density at radius 2 is 2.04 bits per heavy atom. The average Bonchev–Trinajstić information content (AvgIpc) is 2.67. The van der Waals surface area contributed by atoms with Crippen LogP contribution in [0.5, 0.6) is 0 Å². The van der Waals surface area contributed by atoms with Crippen LogP contribution < -0.4 is 15.5 Å². The molecule has 146 valence electrons. The summed E-state index contributed by atoms with van der Waals surface area (Å²) in [6.07, 6.45) is 5.36. The van der Waals surface area contributed by atoms with Crippen molar-refractivity contribution in [3.8, 4) is 0 Å². The smallest absolute Gasteiger partial charge is 0.191 e. The number of anilines is 1. The van der Waals surface area contributed by atoms with Gasteiger partial charge >= 0.3 is 0 Å². The van der Waals surface area contributed by atoms with Crippen molar-refractivity contribution in [1.82, 2.24) is 20.5 Å².